The molecule has 2 aliphatic heterocycles. The fourth-order valence-electron chi connectivity index (χ4n) is 9.14. The van der Waals surface area contributed by atoms with Crippen LogP contribution in [0.15, 0.2) is 30.9 Å². The number of hydrogen-bond donors (Lipinski definition) is 4. The summed E-state index contributed by atoms with van der Waals surface area (Å²) in [5.74, 6) is -1.54. The molecule has 3 saturated carbocycles. The van der Waals surface area contributed by atoms with Crippen LogP contribution >= 0.6 is 0 Å². The molecule has 6 amide bonds. The van der Waals surface area contributed by atoms with Crippen molar-refractivity contribution in [3.63, 3.8) is 0 Å². The van der Waals surface area contributed by atoms with Gasteiger partial charge in [-0.2, -0.15) is 0 Å². The number of alkyl carbamates (subject to hydrolysis) is 1. The average Bonchev–Trinajstić information content (AvgIpc) is 4.18. The number of amides is 6. The molecule has 5 atom stereocenters. The average molecular weight is 880 g/mol. The molecule has 1 aromatic heterocycles. The number of urea groups is 1. The number of nitrogens with zero attached hydrogens (tertiary/aromatic N) is 3. The number of methoxy groups -OCH3 is 1. The minimum absolute atomic E-state index is 0.0151. The van der Waals surface area contributed by atoms with E-state index in [2.05, 4.69) is 27.3 Å². The lowest BCUT2D eigenvalue weighted by Crippen LogP contribution is -2.59. The third-order valence-corrected chi connectivity index (χ3v) is 14.9. The largest absolute Gasteiger partial charge is 0.496 e. The number of ether oxygens (including phenoxy) is 3. The summed E-state index contributed by atoms with van der Waals surface area (Å²) in [4.78, 5) is 77.7. The number of carbonyl (C=O) groups excluding carboxylic acids is 5. The summed E-state index contributed by atoms with van der Waals surface area (Å²) in [6.45, 7) is 10.1. The van der Waals surface area contributed by atoms with E-state index in [-0.39, 0.29) is 43.8 Å². The number of fused-ring (bicyclic) bond motifs is 3. The molecule has 3 heterocycles. The molecule has 3 aliphatic carbocycles. The van der Waals surface area contributed by atoms with Crippen molar-refractivity contribution in [1.82, 2.24) is 30.6 Å². The Morgan fingerprint density at radius 3 is 2.50 bits per heavy atom. The standard InChI is InChI=1S/C44H61N7O10S/c1-7-28-23-44(28,40(54)49-62(57,58)30-16-17-30)48-38(52)33-20-29-24-51(33)39(53)37(26-13-10-9-11-14-26)47-42(56)60-25-43(3,4)18-12-15-27-19-31-32(21-34(27)59-6)46-36(22-35(31)61-29)50(5)41(55)45-8-2/h7,19,21-22,26,28-30,33,37H,1,8-18,20,23-25H2,2-6H3,(H,45,55)(H,47,56)(H,48,52)(H,49,54)/t28-,29-,33+,37+,44-/m1/s1. The SMILES string of the molecule is C=C[C@@H]1C[C@]1(NC(=O)[C@@H]1C[C@@H]2CN1C(=O)[C@H](C1CCCCC1)NC(=O)OCC(C)(C)CCCc1cc3c(cc(N(C)C(=O)NCC)nc3cc1OC)O2)C(=O)NS(=O)(=O)C1CC1. The third-order valence-electron chi connectivity index (χ3n) is 13.1. The number of pyridine rings is 1. The maximum Gasteiger partial charge on any atom is 0.407 e. The molecular weight excluding hydrogens is 819 g/mol. The molecule has 2 aromatic rings. The zero-order valence-electron chi connectivity index (χ0n) is 36.4. The van der Waals surface area contributed by atoms with Crippen molar-refractivity contribution in [2.75, 3.05) is 38.8 Å². The van der Waals surface area contributed by atoms with Crippen LogP contribution in [0.1, 0.15) is 97.0 Å². The van der Waals surface area contributed by atoms with Crippen LogP contribution in [0, 0.1) is 17.3 Å². The first-order valence-electron chi connectivity index (χ1n) is 21.9. The predicted molar refractivity (Wildman–Crippen MR) is 231 cm³/mol. The van der Waals surface area contributed by atoms with Crippen LogP contribution in [0.3, 0.4) is 0 Å². The Kier molecular flexibility index (Phi) is 13.0. The molecular formula is C44H61N7O10S. The topological polar surface area (TPSA) is 215 Å². The van der Waals surface area contributed by atoms with Crippen molar-refractivity contribution in [2.45, 2.75) is 127 Å². The molecule has 1 saturated heterocycles. The number of aromatic nitrogens is 1. The monoisotopic (exact) mass is 879 g/mol. The molecule has 1 aromatic carbocycles. The highest BCUT2D eigenvalue weighted by Gasteiger charge is 2.62. The van der Waals surface area contributed by atoms with Gasteiger partial charge in [0.1, 0.15) is 41.0 Å². The number of benzene rings is 1. The lowest BCUT2D eigenvalue weighted by atomic mass is 9.83. The van der Waals surface area contributed by atoms with Gasteiger partial charge in [0, 0.05) is 43.5 Å². The molecule has 0 spiro atoms. The maximum absolute atomic E-state index is 15.0. The van der Waals surface area contributed by atoms with E-state index in [0.717, 1.165) is 31.2 Å². The first-order valence-corrected chi connectivity index (χ1v) is 23.5. The summed E-state index contributed by atoms with van der Waals surface area (Å²) in [5, 5.41) is 8.51. The molecule has 62 heavy (non-hydrogen) atoms. The van der Waals surface area contributed by atoms with Crippen molar-refractivity contribution >= 4 is 56.6 Å². The summed E-state index contributed by atoms with van der Waals surface area (Å²) in [5.41, 5.74) is -0.621. The van der Waals surface area contributed by atoms with Gasteiger partial charge in [0.25, 0.3) is 5.91 Å². The van der Waals surface area contributed by atoms with Gasteiger partial charge >= 0.3 is 12.1 Å². The zero-order chi connectivity index (χ0) is 44.6. The fourth-order valence-corrected chi connectivity index (χ4v) is 10.5. The predicted octanol–water partition coefficient (Wildman–Crippen LogP) is 4.46. The Labute approximate surface area is 363 Å². The lowest BCUT2D eigenvalue weighted by molar-refractivity contribution is -0.142. The first kappa shape index (κ1) is 44.9. The second kappa shape index (κ2) is 17.9. The lowest BCUT2D eigenvalue weighted by Gasteiger charge is -2.35. The van der Waals surface area contributed by atoms with Crippen LogP contribution in [-0.2, 0) is 35.6 Å². The Morgan fingerprint density at radius 1 is 1.10 bits per heavy atom. The zero-order valence-corrected chi connectivity index (χ0v) is 37.2. The summed E-state index contributed by atoms with van der Waals surface area (Å²) in [6.07, 6.45) is 7.15. The van der Waals surface area contributed by atoms with Gasteiger partial charge in [-0.1, -0.05) is 39.2 Å². The van der Waals surface area contributed by atoms with Gasteiger partial charge in [-0.3, -0.25) is 24.0 Å². The third kappa shape index (κ3) is 9.59. The maximum atomic E-state index is 15.0. The fraction of sp³-hybridized carbons (Fsp3) is 0.636. The summed E-state index contributed by atoms with van der Waals surface area (Å²) >= 11 is 0. The van der Waals surface area contributed by atoms with Crippen LogP contribution in [0.4, 0.5) is 15.4 Å². The number of sulfonamides is 1. The van der Waals surface area contributed by atoms with Crippen molar-refractivity contribution in [3.05, 3.63) is 36.4 Å². The molecule has 338 valence electrons. The van der Waals surface area contributed by atoms with Gasteiger partial charge < -0.3 is 35.1 Å². The molecule has 4 fully saturated rings. The number of nitrogens with one attached hydrogen (secondary N) is 4. The van der Waals surface area contributed by atoms with Crippen molar-refractivity contribution < 1.29 is 46.6 Å². The summed E-state index contributed by atoms with van der Waals surface area (Å²) < 4.78 is 46.4. The molecule has 7 rings (SSSR count). The Balaban J connectivity index is 1.29. The summed E-state index contributed by atoms with van der Waals surface area (Å²) in [7, 11) is -0.765. The van der Waals surface area contributed by atoms with Crippen molar-refractivity contribution in [1.29, 1.82) is 0 Å². The van der Waals surface area contributed by atoms with Gasteiger partial charge in [0.2, 0.25) is 21.8 Å². The number of rotatable bonds is 10. The van der Waals surface area contributed by atoms with E-state index in [1.165, 1.54) is 15.9 Å². The minimum atomic E-state index is -3.94. The van der Waals surface area contributed by atoms with E-state index >= 15 is 4.79 Å². The minimum Gasteiger partial charge on any atom is -0.496 e. The van der Waals surface area contributed by atoms with Gasteiger partial charge in [-0.25, -0.2) is 23.0 Å². The first-order chi connectivity index (χ1) is 29.5. The van der Waals surface area contributed by atoms with Gasteiger partial charge in [-0.15, -0.1) is 6.58 Å². The van der Waals surface area contributed by atoms with E-state index in [0.29, 0.717) is 67.5 Å². The highest BCUT2D eigenvalue weighted by Crippen LogP contribution is 2.46. The van der Waals surface area contributed by atoms with E-state index in [4.69, 9.17) is 19.2 Å². The Morgan fingerprint density at radius 2 is 1.84 bits per heavy atom. The van der Waals surface area contributed by atoms with Crippen molar-refractivity contribution in [2.24, 2.45) is 17.3 Å². The van der Waals surface area contributed by atoms with Crippen LogP contribution in [-0.4, -0.2) is 111 Å². The Bertz CT molecular complexity index is 2210. The van der Waals surface area contributed by atoms with E-state index in [1.807, 2.05) is 26.8 Å². The van der Waals surface area contributed by atoms with Crippen LogP contribution in [0.25, 0.3) is 10.9 Å². The van der Waals surface area contributed by atoms with E-state index in [1.54, 1.807) is 26.3 Å². The van der Waals surface area contributed by atoms with Gasteiger partial charge in [0.05, 0.1) is 31.0 Å². The molecule has 4 N–H and O–H groups in total. The molecule has 0 unspecified atom stereocenters. The Hall–Kier alpha value is -5.13. The van der Waals surface area contributed by atoms with Crippen LogP contribution < -0.4 is 35.0 Å². The van der Waals surface area contributed by atoms with Gasteiger partial charge in [-0.05, 0) is 81.3 Å². The normalized spacial score (nSPS) is 26.8. The van der Waals surface area contributed by atoms with Gasteiger partial charge in [0.15, 0.2) is 0 Å². The molecule has 4 bridgehead atoms. The molecule has 18 heteroatoms. The van der Waals surface area contributed by atoms with Crippen molar-refractivity contribution in [3.8, 4) is 11.5 Å². The number of anilines is 1. The van der Waals surface area contributed by atoms with Crippen LogP contribution in [0.5, 0.6) is 11.5 Å². The molecule has 0 radical (unpaired) electrons. The number of hydrogen-bond acceptors (Lipinski definition) is 11. The van der Waals surface area contributed by atoms with E-state index in [9.17, 15) is 27.6 Å². The summed E-state index contributed by atoms with van der Waals surface area (Å²) in [6, 6.07) is 2.83. The second-order valence-corrected chi connectivity index (χ2v) is 20.3. The second-order valence-electron chi connectivity index (χ2n) is 18.3. The van der Waals surface area contributed by atoms with E-state index < -0.39 is 74.1 Å². The number of carbonyl (C=O) groups is 5. The quantitative estimate of drug-likeness (QED) is 0.245. The number of cyclic esters (lactones) is 1. The number of aryl methyl sites for hydroxylation is 1. The smallest absolute Gasteiger partial charge is 0.407 e. The molecule has 17 nitrogen and oxygen atoms in total. The highest BCUT2D eigenvalue weighted by atomic mass is 32.2. The molecule has 5 aliphatic rings. The van der Waals surface area contributed by atoms with Crippen LogP contribution in [0.2, 0.25) is 0 Å². The highest BCUT2D eigenvalue weighted by molar-refractivity contribution is 7.91.